The Kier molecular flexibility index (Phi) is 6.12. The molecule has 1 aliphatic rings. The summed E-state index contributed by atoms with van der Waals surface area (Å²) in [6.45, 7) is 8.39. The number of aromatic nitrogens is 6. The monoisotopic (exact) mass is 505 g/mol. The first kappa shape index (κ1) is 23.5. The van der Waals surface area contributed by atoms with Gasteiger partial charge in [0.05, 0.1) is 11.7 Å². The van der Waals surface area contributed by atoms with Gasteiger partial charge in [0.1, 0.15) is 24.3 Å². The molecule has 0 unspecified atom stereocenters. The molecule has 1 amide bonds. The summed E-state index contributed by atoms with van der Waals surface area (Å²) in [5.41, 5.74) is 6.18. The third-order valence-electron chi connectivity index (χ3n) is 6.94. The first-order chi connectivity index (χ1) is 18.6. The summed E-state index contributed by atoms with van der Waals surface area (Å²) in [6.07, 6.45) is 9.00. The van der Waals surface area contributed by atoms with Gasteiger partial charge in [-0.2, -0.15) is 5.10 Å². The second kappa shape index (κ2) is 9.89. The molecule has 1 aromatic carbocycles. The lowest BCUT2D eigenvalue weighted by Gasteiger charge is -2.35. The molecule has 5 aromatic rings. The molecule has 0 saturated carbocycles. The van der Waals surface area contributed by atoms with E-state index in [0.29, 0.717) is 26.2 Å². The zero-order chi connectivity index (χ0) is 26.1. The lowest BCUT2D eigenvalue weighted by Crippen LogP contribution is -2.48. The molecule has 0 atom stereocenters. The molecule has 4 aromatic heterocycles. The van der Waals surface area contributed by atoms with Crippen molar-refractivity contribution < 1.29 is 4.79 Å². The number of hydrogen-bond acceptors (Lipinski definition) is 8. The molecule has 190 valence electrons. The van der Waals surface area contributed by atoms with Crippen LogP contribution in [-0.2, 0) is 11.2 Å². The van der Waals surface area contributed by atoms with E-state index in [1.54, 1.807) is 28.3 Å². The normalized spacial score (nSPS) is 13.7. The third kappa shape index (κ3) is 4.63. The summed E-state index contributed by atoms with van der Waals surface area (Å²) in [4.78, 5) is 33.7. The average Bonchev–Trinajstić information content (AvgIpc) is 3.42. The molecule has 10 nitrogen and oxygen atoms in total. The summed E-state index contributed by atoms with van der Waals surface area (Å²) in [5, 5.41) is 8.54. The summed E-state index contributed by atoms with van der Waals surface area (Å²) in [6, 6.07) is 12.5. The topological polar surface area (TPSA) is 104 Å². The van der Waals surface area contributed by atoms with Crippen LogP contribution in [0.5, 0.6) is 0 Å². The van der Waals surface area contributed by atoms with E-state index in [1.807, 2.05) is 12.3 Å². The van der Waals surface area contributed by atoms with Crippen LogP contribution < -0.4 is 10.2 Å². The Hall–Kier alpha value is -4.86. The number of carbonyl (C=O) groups is 1. The Morgan fingerprint density at radius 2 is 1.89 bits per heavy atom. The van der Waals surface area contributed by atoms with Gasteiger partial charge in [-0.25, -0.2) is 24.5 Å². The highest BCUT2D eigenvalue weighted by Gasteiger charge is 2.21. The minimum absolute atomic E-state index is 0.0336. The lowest BCUT2D eigenvalue weighted by molar-refractivity contribution is -0.126. The fourth-order valence-corrected chi connectivity index (χ4v) is 4.80. The van der Waals surface area contributed by atoms with Crippen LogP contribution in [-0.4, -0.2) is 66.5 Å². The summed E-state index contributed by atoms with van der Waals surface area (Å²) in [7, 11) is 0. The Balaban J connectivity index is 1.21. The molecule has 38 heavy (non-hydrogen) atoms. The van der Waals surface area contributed by atoms with E-state index in [-0.39, 0.29) is 5.91 Å². The summed E-state index contributed by atoms with van der Waals surface area (Å²) in [5.74, 6) is 1.54. The van der Waals surface area contributed by atoms with Crippen LogP contribution in [0.3, 0.4) is 0 Å². The summed E-state index contributed by atoms with van der Waals surface area (Å²) >= 11 is 0. The SMILES string of the molecule is C=CC(=O)N1CCN(c2cc3c(Nc4ccc(Cc5ccn6ncnc6c5)c(C)c4)ncnc3cn2)CC1. The molecule has 1 saturated heterocycles. The molecule has 5 heterocycles. The van der Waals surface area contributed by atoms with Crippen molar-refractivity contribution >= 4 is 39.8 Å². The summed E-state index contributed by atoms with van der Waals surface area (Å²) < 4.78 is 1.76. The van der Waals surface area contributed by atoms with Crippen molar-refractivity contribution in [2.24, 2.45) is 0 Å². The number of rotatable bonds is 6. The van der Waals surface area contributed by atoms with Crippen LogP contribution in [0.25, 0.3) is 16.6 Å². The largest absolute Gasteiger partial charge is 0.353 e. The molecule has 0 aliphatic carbocycles. The number of amides is 1. The molecule has 1 N–H and O–H groups in total. The number of piperazine rings is 1. The third-order valence-corrected chi connectivity index (χ3v) is 6.94. The van der Waals surface area contributed by atoms with Crippen LogP contribution in [0.1, 0.15) is 16.7 Å². The smallest absolute Gasteiger partial charge is 0.246 e. The minimum atomic E-state index is -0.0336. The van der Waals surface area contributed by atoms with Crippen molar-refractivity contribution in [1.29, 1.82) is 0 Å². The molecule has 1 aliphatic heterocycles. The quantitative estimate of drug-likeness (QED) is 0.350. The van der Waals surface area contributed by atoms with Crippen LogP contribution >= 0.6 is 0 Å². The number of pyridine rings is 2. The van der Waals surface area contributed by atoms with Gasteiger partial charge in [0, 0.05) is 43.4 Å². The van der Waals surface area contributed by atoms with Gasteiger partial charge in [0.15, 0.2) is 5.65 Å². The zero-order valence-corrected chi connectivity index (χ0v) is 21.1. The van der Waals surface area contributed by atoms with E-state index in [0.717, 1.165) is 40.3 Å². The number of fused-ring (bicyclic) bond motifs is 2. The number of aryl methyl sites for hydroxylation is 1. The second-order valence-electron chi connectivity index (χ2n) is 9.34. The van der Waals surface area contributed by atoms with Crippen molar-refractivity contribution in [3.63, 3.8) is 0 Å². The van der Waals surface area contributed by atoms with Gasteiger partial charge < -0.3 is 15.1 Å². The number of hydrogen-bond donors (Lipinski definition) is 1. The maximum absolute atomic E-state index is 11.9. The van der Waals surface area contributed by atoms with Crippen molar-refractivity contribution in [2.45, 2.75) is 13.3 Å². The minimum Gasteiger partial charge on any atom is -0.353 e. The standard InChI is InChI=1S/C28H27N9O/c1-3-27(38)36-10-8-35(9-11-36)25-15-23-24(16-29-25)30-17-32-28(23)34-22-5-4-21(19(2)12-22)13-20-6-7-37-26(14-20)31-18-33-37/h3-7,12,14-18H,1,8-11,13H2,2H3,(H,30,32,34). The second-order valence-corrected chi connectivity index (χ2v) is 9.34. The number of nitrogens with one attached hydrogen (secondary N) is 1. The van der Waals surface area contributed by atoms with Gasteiger partial charge >= 0.3 is 0 Å². The Morgan fingerprint density at radius 3 is 2.71 bits per heavy atom. The highest BCUT2D eigenvalue weighted by Crippen LogP contribution is 2.28. The van der Waals surface area contributed by atoms with Gasteiger partial charge in [0.25, 0.3) is 0 Å². The van der Waals surface area contributed by atoms with Gasteiger partial charge in [-0.15, -0.1) is 0 Å². The molecular formula is C28H27N9O. The first-order valence-corrected chi connectivity index (χ1v) is 12.5. The number of carbonyl (C=O) groups excluding carboxylic acids is 1. The fourth-order valence-electron chi connectivity index (χ4n) is 4.80. The fraction of sp³-hybridized carbons (Fsp3) is 0.214. The van der Waals surface area contributed by atoms with E-state index >= 15 is 0 Å². The van der Waals surface area contributed by atoms with Crippen molar-refractivity contribution in [3.05, 3.63) is 90.8 Å². The average molecular weight is 506 g/mol. The van der Waals surface area contributed by atoms with Gasteiger partial charge in [-0.3, -0.25) is 4.79 Å². The van der Waals surface area contributed by atoms with Crippen LogP contribution in [0.15, 0.2) is 74.1 Å². The molecule has 6 rings (SSSR count). The van der Waals surface area contributed by atoms with E-state index < -0.39 is 0 Å². The Labute approximate surface area is 219 Å². The van der Waals surface area contributed by atoms with E-state index in [4.69, 9.17) is 0 Å². The Morgan fingerprint density at radius 1 is 1.03 bits per heavy atom. The molecule has 0 bridgehead atoms. The van der Waals surface area contributed by atoms with E-state index in [2.05, 4.69) is 79.1 Å². The van der Waals surface area contributed by atoms with Crippen molar-refractivity contribution in [2.75, 3.05) is 36.4 Å². The number of benzene rings is 1. The Bertz CT molecular complexity index is 1650. The van der Waals surface area contributed by atoms with Crippen LogP contribution in [0.2, 0.25) is 0 Å². The number of nitrogens with zero attached hydrogens (tertiary/aromatic N) is 8. The van der Waals surface area contributed by atoms with Crippen molar-refractivity contribution in [3.8, 4) is 0 Å². The van der Waals surface area contributed by atoms with E-state index in [1.165, 1.54) is 22.8 Å². The van der Waals surface area contributed by atoms with Crippen molar-refractivity contribution in [1.82, 2.24) is 34.4 Å². The van der Waals surface area contributed by atoms with Crippen LogP contribution in [0, 0.1) is 6.92 Å². The van der Waals surface area contributed by atoms with E-state index in [9.17, 15) is 4.79 Å². The maximum atomic E-state index is 11.9. The molecule has 10 heteroatoms. The predicted octanol–water partition coefficient (Wildman–Crippen LogP) is 3.54. The highest BCUT2D eigenvalue weighted by atomic mass is 16.2. The molecule has 0 spiro atoms. The van der Waals surface area contributed by atoms with Gasteiger partial charge in [-0.05, 0) is 66.4 Å². The lowest BCUT2D eigenvalue weighted by atomic mass is 10.0. The van der Waals surface area contributed by atoms with Gasteiger partial charge in [-0.1, -0.05) is 12.6 Å². The molecular weight excluding hydrogens is 478 g/mol. The predicted molar refractivity (Wildman–Crippen MR) is 147 cm³/mol. The maximum Gasteiger partial charge on any atom is 0.246 e. The first-order valence-electron chi connectivity index (χ1n) is 12.5. The highest BCUT2D eigenvalue weighted by molar-refractivity contribution is 5.92. The number of anilines is 3. The van der Waals surface area contributed by atoms with Gasteiger partial charge in [0.2, 0.25) is 5.91 Å². The molecule has 0 radical (unpaired) electrons. The van der Waals surface area contributed by atoms with Crippen LogP contribution in [0.4, 0.5) is 17.3 Å². The zero-order valence-electron chi connectivity index (χ0n) is 21.1. The molecule has 1 fully saturated rings.